The van der Waals surface area contributed by atoms with Gasteiger partial charge in [0.15, 0.2) is 0 Å². The van der Waals surface area contributed by atoms with Gasteiger partial charge in [0.2, 0.25) is 0 Å². The smallest absolute Gasteiger partial charge is 0.123 e. The van der Waals surface area contributed by atoms with Crippen LogP contribution in [0, 0.1) is 0 Å². The molecule has 0 aliphatic heterocycles. The minimum atomic E-state index is -1.26. The molecule has 4 heteroatoms. The van der Waals surface area contributed by atoms with Crippen LogP contribution in [0.5, 0.6) is 5.75 Å². The van der Waals surface area contributed by atoms with Crippen LogP contribution < -0.4 is 11.5 Å². The third-order valence-electron chi connectivity index (χ3n) is 2.42. The lowest BCUT2D eigenvalue weighted by molar-refractivity contribution is 0.111. The summed E-state index contributed by atoms with van der Waals surface area (Å²) in [5.41, 5.74) is 11.2. The van der Waals surface area contributed by atoms with Gasteiger partial charge in [-0.15, -0.1) is 0 Å². The van der Waals surface area contributed by atoms with Crippen molar-refractivity contribution in [2.45, 2.75) is 11.8 Å². The van der Waals surface area contributed by atoms with Crippen LogP contribution in [0.4, 0.5) is 0 Å². The Hall–Kier alpha value is -1.36. The molecule has 0 heterocycles. The van der Waals surface area contributed by atoms with Gasteiger partial charge in [-0.1, -0.05) is 18.2 Å². The summed E-state index contributed by atoms with van der Waals surface area (Å²) in [6, 6.07) is 4.89. The molecule has 74 valence electrons. The average Bonchev–Trinajstić information content (AvgIpc) is 2.13. The van der Waals surface area contributed by atoms with E-state index in [2.05, 4.69) is 0 Å². The van der Waals surface area contributed by atoms with Crippen LogP contribution >= 0.6 is 0 Å². The highest BCUT2D eigenvalue weighted by Gasteiger charge is 2.32. The maximum Gasteiger partial charge on any atom is 0.123 e. The number of benzene rings is 1. The number of phenolic OH excluding ortho intramolecular Hbond substituents is 1. The zero-order valence-corrected chi connectivity index (χ0v) is 7.51. The Morgan fingerprint density at radius 3 is 2.71 bits per heavy atom. The average molecular weight is 192 g/mol. The zero-order chi connectivity index (χ0) is 10.3. The van der Waals surface area contributed by atoms with Crippen LogP contribution in [0.25, 0.3) is 6.08 Å². The molecule has 6 N–H and O–H groups in total. The normalized spacial score (nSPS) is 23.2. The number of fused-ring (bicyclic) bond motifs is 1. The summed E-state index contributed by atoms with van der Waals surface area (Å²) in [7, 11) is 0. The van der Waals surface area contributed by atoms with Crippen molar-refractivity contribution in [2.24, 2.45) is 11.5 Å². The number of hydrogen-bond donors (Lipinski definition) is 4. The van der Waals surface area contributed by atoms with Gasteiger partial charge in [-0.05, 0) is 17.7 Å². The molecule has 0 amide bonds. The highest BCUT2D eigenvalue weighted by atomic mass is 16.3. The van der Waals surface area contributed by atoms with Crippen molar-refractivity contribution in [1.82, 2.24) is 0 Å². The Bertz CT molecular complexity index is 399. The molecule has 0 saturated heterocycles. The second kappa shape index (κ2) is 2.81. The molecule has 0 bridgehead atoms. The lowest BCUT2D eigenvalue weighted by atomic mass is 9.87. The monoisotopic (exact) mass is 192 g/mol. The molecule has 1 aromatic rings. The number of rotatable bonds is 0. The van der Waals surface area contributed by atoms with E-state index in [0.29, 0.717) is 11.1 Å². The first-order valence-corrected chi connectivity index (χ1v) is 4.29. The summed E-state index contributed by atoms with van der Waals surface area (Å²) >= 11 is 0. The van der Waals surface area contributed by atoms with Crippen LogP contribution in [-0.4, -0.2) is 15.9 Å². The summed E-state index contributed by atoms with van der Waals surface area (Å²) in [5.74, 6) is 0.119. The number of nitrogens with two attached hydrogens (primary N) is 2. The second-order valence-corrected chi connectivity index (χ2v) is 3.52. The van der Waals surface area contributed by atoms with E-state index in [4.69, 9.17) is 11.5 Å². The Balaban J connectivity index is 2.61. The van der Waals surface area contributed by atoms with Gasteiger partial charge in [-0.25, -0.2) is 0 Å². The van der Waals surface area contributed by atoms with E-state index in [0.717, 1.165) is 0 Å². The minimum absolute atomic E-state index is 0.119. The molecular formula is C10H12N2O2. The van der Waals surface area contributed by atoms with Crippen molar-refractivity contribution in [3.8, 4) is 5.75 Å². The van der Waals surface area contributed by atoms with Crippen LogP contribution in [0.1, 0.15) is 17.2 Å². The van der Waals surface area contributed by atoms with E-state index in [1.807, 2.05) is 0 Å². The molecule has 1 aliphatic rings. The first kappa shape index (κ1) is 9.21. The SMILES string of the molecule is NC1(N)C=Cc2c(O)cccc2C1O. The van der Waals surface area contributed by atoms with Crippen molar-refractivity contribution in [3.05, 3.63) is 35.4 Å². The molecule has 0 spiro atoms. The lowest BCUT2D eigenvalue weighted by Crippen LogP contribution is -2.53. The van der Waals surface area contributed by atoms with E-state index in [1.54, 1.807) is 24.3 Å². The molecule has 1 atom stereocenters. The maximum atomic E-state index is 9.80. The van der Waals surface area contributed by atoms with Gasteiger partial charge in [0.1, 0.15) is 17.5 Å². The largest absolute Gasteiger partial charge is 0.507 e. The molecule has 2 rings (SSSR count). The van der Waals surface area contributed by atoms with Crippen molar-refractivity contribution in [1.29, 1.82) is 0 Å². The van der Waals surface area contributed by atoms with Gasteiger partial charge in [0, 0.05) is 5.56 Å². The standard InChI is InChI=1S/C10H12N2O2/c11-10(12)5-4-6-7(9(10)14)2-1-3-8(6)13/h1-5,9,13-14H,11-12H2. The summed E-state index contributed by atoms with van der Waals surface area (Å²) < 4.78 is 0. The molecule has 0 aromatic heterocycles. The zero-order valence-electron chi connectivity index (χ0n) is 7.51. The van der Waals surface area contributed by atoms with Gasteiger partial charge in [0.25, 0.3) is 0 Å². The fourth-order valence-electron chi connectivity index (χ4n) is 1.58. The highest BCUT2D eigenvalue weighted by Crippen LogP contribution is 2.35. The van der Waals surface area contributed by atoms with Gasteiger partial charge in [0.05, 0.1) is 0 Å². The predicted octanol–water partition coefficient (Wildman–Crippen LogP) is 0.0661. The van der Waals surface area contributed by atoms with E-state index in [1.165, 1.54) is 6.08 Å². The molecular weight excluding hydrogens is 180 g/mol. The van der Waals surface area contributed by atoms with Gasteiger partial charge < -0.3 is 21.7 Å². The van der Waals surface area contributed by atoms with Crippen molar-refractivity contribution in [2.75, 3.05) is 0 Å². The number of aliphatic hydroxyl groups is 1. The van der Waals surface area contributed by atoms with E-state index < -0.39 is 11.8 Å². The molecule has 1 aromatic carbocycles. The molecule has 14 heavy (non-hydrogen) atoms. The van der Waals surface area contributed by atoms with Gasteiger partial charge in [-0.2, -0.15) is 0 Å². The van der Waals surface area contributed by atoms with Crippen molar-refractivity contribution in [3.63, 3.8) is 0 Å². The molecule has 0 saturated carbocycles. The fraction of sp³-hybridized carbons (Fsp3) is 0.200. The van der Waals surface area contributed by atoms with E-state index in [9.17, 15) is 10.2 Å². The van der Waals surface area contributed by atoms with Crippen LogP contribution in [0.15, 0.2) is 24.3 Å². The molecule has 0 fully saturated rings. The van der Waals surface area contributed by atoms with Gasteiger partial charge >= 0.3 is 0 Å². The van der Waals surface area contributed by atoms with Crippen molar-refractivity contribution < 1.29 is 10.2 Å². The Labute approximate surface area is 81.5 Å². The Kier molecular flexibility index (Phi) is 1.85. The first-order chi connectivity index (χ1) is 6.52. The summed E-state index contributed by atoms with van der Waals surface area (Å²) in [6.07, 6.45) is 2.12. The van der Waals surface area contributed by atoms with Crippen LogP contribution in [0.2, 0.25) is 0 Å². The predicted molar refractivity (Wildman–Crippen MR) is 53.2 cm³/mol. The first-order valence-electron chi connectivity index (χ1n) is 4.29. The van der Waals surface area contributed by atoms with Crippen LogP contribution in [0.3, 0.4) is 0 Å². The van der Waals surface area contributed by atoms with E-state index in [-0.39, 0.29) is 5.75 Å². The molecule has 0 radical (unpaired) electrons. The summed E-state index contributed by atoms with van der Waals surface area (Å²) in [5, 5.41) is 19.3. The van der Waals surface area contributed by atoms with Crippen molar-refractivity contribution >= 4 is 6.08 Å². The Morgan fingerprint density at radius 1 is 1.29 bits per heavy atom. The third kappa shape index (κ3) is 1.21. The topological polar surface area (TPSA) is 92.5 Å². The highest BCUT2D eigenvalue weighted by molar-refractivity contribution is 5.65. The summed E-state index contributed by atoms with van der Waals surface area (Å²) in [4.78, 5) is 0. The fourth-order valence-corrected chi connectivity index (χ4v) is 1.58. The summed E-state index contributed by atoms with van der Waals surface area (Å²) in [6.45, 7) is 0. The molecule has 1 unspecified atom stereocenters. The van der Waals surface area contributed by atoms with Crippen LogP contribution in [-0.2, 0) is 0 Å². The second-order valence-electron chi connectivity index (χ2n) is 3.52. The van der Waals surface area contributed by atoms with Gasteiger partial charge in [-0.3, -0.25) is 0 Å². The quantitative estimate of drug-likeness (QED) is 0.437. The minimum Gasteiger partial charge on any atom is -0.507 e. The molecule has 4 nitrogen and oxygen atoms in total. The number of hydrogen-bond acceptors (Lipinski definition) is 4. The maximum absolute atomic E-state index is 9.80. The third-order valence-corrected chi connectivity index (χ3v) is 2.42. The van der Waals surface area contributed by atoms with E-state index >= 15 is 0 Å². The Morgan fingerprint density at radius 2 is 2.00 bits per heavy atom. The molecule has 1 aliphatic carbocycles. The number of phenols is 1. The lowest BCUT2D eigenvalue weighted by Gasteiger charge is -2.31. The number of aliphatic hydroxyl groups excluding tert-OH is 1. The number of aromatic hydroxyl groups is 1.